The first-order valence-corrected chi connectivity index (χ1v) is 3.18. The van der Waals surface area contributed by atoms with E-state index >= 15 is 0 Å². The number of thiol groups is 1. The number of nitrogens with zero attached hydrogens (tertiary/aromatic N) is 2. The van der Waals surface area contributed by atoms with Crippen LogP contribution < -0.4 is 11.2 Å². The van der Waals surface area contributed by atoms with Crippen molar-refractivity contribution in [2.24, 2.45) is 0 Å². The normalized spacial score (nSPS) is 10.0. The highest BCUT2D eigenvalue weighted by atomic mass is 32.1. The van der Waals surface area contributed by atoms with E-state index in [4.69, 9.17) is 5.21 Å². The molecule has 0 saturated heterocycles. The number of aromatic nitrogens is 2. The fourth-order valence-electron chi connectivity index (χ4n) is 0.636. The molecule has 11 heavy (non-hydrogen) atoms. The lowest BCUT2D eigenvalue weighted by Gasteiger charge is -2.00. The van der Waals surface area contributed by atoms with Gasteiger partial charge >= 0.3 is 5.69 Å². The number of hydrogen-bond acceptors (Lipinski definition) is 4. The summed E-state index contributed by atoms with van der Waals surface area (Å²) in [4.78, 5) is 21.5. The summed E-state index contributed by atoms with van der Waals surface area (Å²) in [5.74, 6) is 0. The molecule has 0 fully saturated rings. The van der Waals surface area contributed by atoms with Crippen molar-refractivity contribution in [1.82, 2.24) is 8.70 Å². The Morgan fingerprint density at radius 3 is 2.64 bits per heavy atom. The van der Waals surface area contributed by atoms with Crippen LogP contribution in [0.15, 0.2) is 15.7 Å². The molecular weight excluding hydrogens is 168 g/mol. The molecule has 0 amide bonds. The predicted molar refractivity (Wildman–Crippen MR) is 41.3 cm³/mol. The summed E-state index contributed by atoms with van der Waals surface area (Å²) >= 11 is 3.71. The van der Waals surface area contributed by atoms with Crippen LogP contribution in [0.5, 0.6) is 0 Å². The first kappa shape index (κ1) is 7.93. The molecule has 60 valence electrons. The van der Waals surface area contributed by atoms with Gasteiger partial charge in [0.25, 0.3) is 5.56 Å². The zero-order valence-corrected chi connectivity index (χ0v) is 6.58. The van der Waals surface area contributed by atoms with Crippen molar-refractivity contribution >= 4 is 12.8 Å². The molecule has 0 bridgehead atoms. The van der Waals surface area contributed by atoms with Crippen LogP contribution in [0.2, 0.25) is 0 Å². The van der Waals surface area contributed by atoms with Crippen LogP contribution in [0.25, 0.3) is 0 Å². The van der Waals surface area contributed by atoms with E-state index in [9.17, 15) is 9.59 Å². The lowest BCUT2D eigenvalue weighted by atomic mass is 10.5. The van der Waals surface area contributed by atoms with Crippen LogP contribution in [-0.2, 0) is 0 Å². The van der Waals surface area contributed by atoms with E-state index < -0.39 is 11.2 Å². The molecule has 0 aliphatic rings. The molecule has 0 aliphatic heterocycles. The van der Waals surface area contributed by atoms with Gasteiger partial charge in [-0.05, 0) is 6.92 Å². The number of aryl methyl sites for hydroxylation is 1. The van der Waals surface area contributed by atoms with Gasteiger partial charge in [-0.3, -0.25) is 4.79 Å². The average Bonchev–Trinajstić information content (AvgIpc) is 1.97. The van der Waals surface area contributed by atoms with Gasteiger partial charge in [0.15, 0.2) is 0 Å². The number of rotatable bonds is 0. The second-order valence-electron chi connectivity index (χ2n) is 2.03. The van der Waals surface area contributed by atoms with Gasteiger partial charge < -0.3 is 5.21 Å². The average molecular weight is 174 g/mol. The van der Waals surface area contributed by atoms with E-state index in [0.717, 1.165) is 10.0 Å². The maximum atomic E-state index is 10.8. The van der Waals surface area contributed by atoms with Crippen molar-refractivity contribution < 1.29 is 5.21 Å². The van der Waals surface area contributed by atoms with Gasteiger partial charge in [0.1, 0.15) is 0 Å². The Balaban J connectivity index is 3.74. The molecular formula is C5H6N2O3S. The molecule has 1 aromatic heterocycles. The van der Waals surface area contributed by atoms with Gasteiger partial charge in [-0.1, -0.05) is 17.5 Å². The lowest BCUT2D eigenvalue weighted by molar-refractivity contribution is 0.159. The van der Waals surface area contributed by atoms with Crippen molar-refractivity contribution in [3.63, 3.8) is 0 Å². The van der Waals surface area contributed by atoms with Crippen LogP contribution >= 0.6 is 12.8 Å². The molecule has 0 aliphatic carbocycles. The maximum absolute atomic E-state index is 10.8. The molecule has 6 heteroatoms. The lowest BCUT2D eigenvalue weighted by Crippen LogP contribution is -2.36. The molecule has 5 nitrogen and oxygen atoms in total. The van der Waals surface area contributed by atoms with Crippen molar-refractivity contribution in [2.45, 2.75) is 6.92 Å². The topological polar surface area (TPSA) is 64.2 Å². The third-order valence-electron chi connectivity index (χ3n) is 1.24. The summed E-state index contributed by atoms with van der Waals surface area (Å²) in [7, 11) is 0. The third kappa shape index (κ3) is 1.16. The molecule has 0 aromatic carbocycles. The maximum Gasteiger partial charge on any atom is 0.374 e. The molecule has 1 heterocycles. The Morgan fingerprint density at radius 2 is 2.09 bits per heavy atom. The molecule has 0 unspecified atom stereocenters. The van der Waals surface area contributed by atoms with E-state index in [2.05, 4.69) is 12.8 Å². The Labute approximate surface area is 67.0 Å². The van der Waals surface area contributed by atoms with E-state index in [0.29, 0.717) is 5.69 Å². The summed E-state index contributed by atoms with van der Waals surface area (Å²) < 4.78 is 0.876. The Kier molecular flexibility index (Phi) is 1.77. The Morgan fingerprint density at radius 1 is 1.55 bits per heavy atom. The minimum Gasteiger partial charge on any atom is -0.421 e. The van der Waals surface area contributed by atoms with Crippen LogP contribution in [0.4, 0.5) is 0 Å². The van der Waals surface area contributed by atoms with E-state index in [1.807, 2.05) is 0 Å². The molecule has 0 spiro atoms. The first-order chi connectivity index (χ1) is 5.04. The standard InChI is InChI=1S/C5H6N2O3S/c1-3-2-4(8)6(10)5(9)7(3)11/h2,10-11H,1H3. The van der Waals surface area contributed by atoms with Crippen molar-refractivity contribution in [3.8, 4) is 0 Å². The summed E-state index contributed by atoms with van der Waals surface area (Å²) in [6.07, 6.45) is 0. The summed E-state index contributed by atoms with van der Waals surface area (Å²) in [5, 5.41) is 8.73. The quantitative estimate of drug-likeness (QED) is 0.402. The van der Waals surface area contributed by atoms with Gasteiger partial charge in [0, 0.05) is 11.8 Å². The van der Waals surface area contributed by atoms with Crippen LogP contribution in [0.1, 0.15) is 5.69 Å². The van der Waals surface area contributed by atoms with E-state index in [-0.39, 0.29) is 4.73 Å². The van der Waals surface area contributed by atoms with E-state index in [1.54, 1.807) is 0 Å². The smallest absolute Gasteiger partial charge is 0.374 e. The first-order valence-electron chi connectivity index (χ1n) is 2.78. The fourth-order valence-corrected chi connectivity index (χ4v) is 0.778. The Hall–Kier alpha value is -1.17. The van der Waals surface area contributed by atoms with Gasteiger partial charge in [-0.15, -0.1) is 0 Å². The summed E-state index contributed by atoms with van der Waals surface area (Å²) in [6.45, 7) is 1.54. The van der Waals surface area contributed by atoms with E-state index in [1.165, 1.54) is 6.92 Å². The zero-order valence-electron chi connectivity index (χ0n) is 5.68. The van der Waals surface area contributed by atoms with Gasteiger partial charge in [0.05, 0.1) is 0 Å². The highest BCUT2D eigenvalue weighted by Crippen LogP contribution is 1.88. The second-order valence-corrected chi connectivity index (χ2v) is 2.43. The minimum absolute atomic E-state index is 0. The SMILES string of the molecule is Cc1cc(=O)n(O)c(=O)n1S. The molecule has 0 saturated carbocycles. The Bertz CT molecular complexity index is 392. The van der Waals surface area contributed by atoms with Crippen molar-refractivity contribution in [1.29, 1.82) is 0 Å². The van der Waals surface area contributed by atoms with Gasteiger partial charge in [0.2, 0.25) is 0 Å². The second kappa shape index (κ2) is 2.46. The summed E-state index contributed by atoms with van der Waals surface area (Å²) in [6, 6.07) is 1.11. The fraction of sp³-hybridized carbons (Fsp3) is 0.200. The molecule has 0 radical (unpaired) electrons. The minimum atomic E-state index is -0.863. The highest BCUT2D eigenvalue weighted by Gasteiger charge is 2.02. The van der Waals surface area contributed by atoms with Crippen LogP contribution in [0.3, 0.4) is 0 Å². The van der Waals surface area contributed by atoms with Gasteiger partial charge in [-0.2, -0.15) is 0 Å². The molecule has 0 atom stereocenters. The summed E-state index contributed by atoms with van der Waals surface area (Å²) in [5.41, 5.74) is -1.23. The van der Waals surface area contributed by atoms with Crippen LogP contribution in [-0.4, -0.2) is 13.9 Å². The van der Waals surface area contributed by atoms with Crippen molar-refractivity contribution in [2.75, 3.05) is 0 Å². The van der Waals surface area contributed by atoms with Crippen LogP contribution in [0, 0.1) is 6.92 Å². The number of hydrogen-bond donors (Lipinski definition) is 2. The van der Waals surface area contributed by atoms with Gasteiger partial charge in [-0.25, -0.2) is 8.77 Å². The molecule has 1 N–H and O–H groups in total. The monoisotopic (exact) mass is 174 g/mol. The predicted octanol–water partition coefficient (Wildman–Crippen LogP) is -0.751. The third-order valence-corrected chi connectivity index (χ3v) is 1.72. The molecule has 1 rings (SSSR count). The van der Waals surface area contributed by atoms with Crippen molar-refractivity contribution in [3.05, 3.63) is 32.6 Å². The largest absolute Gasteiger partial charge is 0.421 e. The molecule has 1 aromatic rings. The highest BCUT2D eigenvalue weighted by molar-refractivity contribution is 7.78. The zero-order chi connectivity index (χ0) is 8.59.